The molecule has 112 valence electrons. The van der Waals surface area contributed by atoms with E-state index in [0.29, 0.717) is 18.7 Å². The molecule has 21 heavy (non-hydrogen) atoms. The molecule has 8 nitrogen and oxygen atoms in total. The number of nitrogens with two attached hydrogens (primary N) is 1. The zero-order chi connectivity index (χ0) is 15.0. The van der Waals surface area contributed by atoms with E-state index < -0.39 is 5.91 Å². The first-order valence-electron chi connectivity index (χ1n) is 6.78. The molecule has 2 aliphatic rings. The molecule has 2 saturated heterocycles. The van der Waals surface area contributed by atoms with Gasteiger partial charge in [0.05, 0.1) is 6.54 Å². The number of nitrogen functional groups attached to an aromatic ring is 1. The van der Waals surface area contributed by atoms with Gasteiger partial charge < -0.3 is 14.2 Å². The molecule has 0 aliphatic carbocycles. The van der Waals surface area contributed by atoms with E-state index in [1.165, 1.54) is 11.0 Å². The molecule has 8 heteroatoms. The third kappa shape index (κ3) is 2.38. The molecule has 0 spiro atoms. The lowest BCUT2D eigenvalue weighted by Gasteiger charge is -2.35. The Kier molecular flexibility index (Phi) is 3.38. The number of carbonyl (C=O) groups is 3. The Balaban J connectivity index is 1.72. The maximum Gasteiger partial charge on any atom is 0.300 e. The molecule has 3 heterocycles. The monoisotopic (exact) mass is 292 g/mol. The van der Waals surface area contributed by atoms with Gasteiger partial charge in [-0.25, -0.2) is 5.84 Å². The van der Waals surface area contributed by atoms with E-state index in [0.717, 1.165) is 6.42 Å². The Labute approximate surface area is 120 Å². The average Bonchev–Trinajstić information content (AvgIpc) is 3.13. The molecular formula is C13H16N4O4. The van der Waals surface area contributed by atoms with E-state index in [2.05, 4.69) is 0 Å². The quantitative estimate of drug-likeness (QED) is 0.431. The third-order valence-corrected chi connectivity index (χ3v) is 3.86. The van der Waals surface area contributed by atoms with Gasteiger partial charge in [0, 0.05) is 6.54 Å². The molecule has 3 N–H and O–H groups in total. The van der Waals surface area contributed by atoms with Crippen LogP contribution in [0.3, 0.4) is 0 Å². The summed E-state index contributed by atoms with van der Waals surface area (Å²) in [5, 5.41) is 0. The van der Waals surface area contributed by atoms with Crippen molar-refractivity contribution in [2.75, 3.05) is 13.1 Å². The normalized spacial score (nSPS) is 21.7. The Hall–Kier alpha value is -2.35. The van der Waals surface area contributed by atoms with Crippen LogP contribution in [0.5, 0.6) is 0 Å². The molecule has 2 fully saturated rings. The molecule has 0 saturated carbocycles. The van der Waals surface area contributed by atoms with Gasteiger partial charge in [-0.2, -0.15) is 0 Å². The highest BCUT2D eigenvalue weighted by Crippen LogP contribution is 2.25. The molecule has 3 amide bonds. The van der Waals surface area contributed by atoms with Crippen LogP contribution in [0.15, 0.2) is 16.5 Å². The number of nitrogens with one attached hydrogen (secondary N) is 1. The minimum Gasteiger partial charge on any atom is -0.454 e. The van der Waals surface area contributed by atoms with Crippen molar-refractivity contribution in [2.45, 2.75) is 25.4 Å². The van der Waals surface area contributed by atoms with Crippen LogP contribution >= 0.6 is 0 Å². The Bertz CT molecular complexity index is 597. The summed E-state index contributed by atoms with van der Waals surface area (Å²) >= 11 is 0. The fourth-order valence-electron chi connectivity index (χ4n) is 2.84. The van der Waals surface area contributed by atoms with Crippen molar-refractivity contribution >= 4 is 17.7 Å². The van der Waals surface area contributed by atoms with Crippen molar-refractivity contribution < 1.29 is 18.8 Å². The molecule has 0 radical (unpaired) electrons. The van der Waals surface area contributed by atoms with Gasteiger partial charge >= 0.3 is 5.91 Å². The van der Waals surface area contributed by atoms with Crippen LogP contribution < -0.4 is 11.3 Å². The number of rotatable bonds is 3. The number of furan rings is 1. The molecule has 1 unspecified atom stereocenters. The second-order valence-electron chi connectivity index (χ2n) is 5.18. The van der Waals surface area contributed by atoms with Gasteiger partial charge in [-0.05, 0) is 25.0 Å². The van der Waals surface area contributed by atoms with Crippen LogP contribution in [-0.2, 0) is 16.1 Å². The Morgan fingerprint density at radius 3 is 3.00 bits per heavy atom. The average molecular weight is 292 g/mol. The highest BCUT2D eigenvalue weighted by atomic mass is 16.4. The third-order valence-electron chi connectivity index (χ3n) is 3.86. The second-order valence-corrected chi connectivity index (χ2v) is 5.18. The number of hydrogen-bond donors (Lipinski definition) is 2. The first-order chi connectivity index (χ1) is 10.1. The van der Waals surface area contributed by atoms with Gasteiger partial charge in [0.2, 0.25) is 11.8 Å². The summed E-state index contributed by atoms with van der Waals surface area (Å²) in [4.78, 5) is 38.8. The number of fused-ring (bicyclic) bond motifs is 1. The zero-order valence-electron chi connectivity index (χ0n) is 11.4. The lowest BCUT2D eigenvalue weighted by molar-refractivity contribution is -0.154. The molecule has 1 atom stereocenters. The predicted octanol–water partition coefficient (Wildman–Crippen LogP) is -0.784. The smallest absolute Gasteiger partial charge is 0.300 e. The van der Waals surface area contributed by atoms with Crippen LogP contribution in [0.25, 0.3) is 0 Å². The van der Waals surface area contributed by atoms with Crippen molar-refractivity contribution in [3.63, 3.8) is 0 Å². The summed E-state index contributed by atoms with van der Waals surface area (Å²) in [5.74, 6) is 4.90. The first-order valence-corrected chi connectivity index (χ1v) is 6.78. The fourth-order valence-corrected chi connectivity index (χ4v) is 2.84. The minimum atomic E-state index is -0.538. The van der Waals surface area contributed by atoms with E-state index in [-0.39, 0.29) is 36.7 Å². The van der Waals surface area contributed by atoms with Gasteiger partial charge in [-0.3, -0.25) is 19.8 Å². The van der Waals surface area contributed by atoms with E-state index in [9.17, 15) is 14.4 Å². The summed E-state index contributed by atoms with van der Waals surface area (Å²) in [6.45, 7) is 0.881. The Morgan fingerprint density at radius 1 is 1.43 bits per heavy atom. The summed E-state index contributed by atoms with van der Waals surface area (Å²) in [7, 11) is 0. The van der Waals surface area contributed by atoms with Gasteiger partial charge in [-0.1, -0.05) is 0 Å². The number of hydrazine groups is 1. The topological polar surface area (TPSA) is 109 Å². The summed E-state index contributed by atoms with van der Waals surface area (Å²) in [6, 6.07) is 2.74. The molecule has 3 rings (SSSR count). The van der Waals surface area contributed by atoms with Crippen LogP contribution in [-0.4, -0.2) is 46.7 Å². The Morgan fingerprint density at radius 2 is 2.24 bits per heavy atom. The SMILES string of the molecule is NNC(=O)c1ccc(CN2CC(=O)N3CCCC3C2=O)o1. The molecule has 1 aromatic rings. The molecule has 0 bridgehead atoms. The van der Waals surface area contributed by atoms with Crippen molar-refractivity contribution in [1.29, 1.82) is 0 Å². The van der Waals surface area contributed by atoms with Crippen LogP contribution in [0.2, 0.25) is 0 Å². The van der Waals surface area contributed by atoms with Crippen LogP contribution in [0.1, 0.15) is 29.2 Å². The predicted molar refractivity (Wildman–Crippen MR) is 70.5 cm³/mol. The number of nitrogens with zero attached hydrogens (tertiary/aromatic N) is 2. The second kappa shape index (κ2) is 5.21. The number of hydrogen-bond acceptors (Lipinski definition) is 5. The van der Waals surface area contributed by atoms with Crippen molar-refractivity contribution in [3.8, 4) is 0 Å². The van der Waals surface area contributed by atoms with Gasteiger partial charge in [-0.15, -0.1) is 0 Å². The van der Waals surface area contributed by atoms with Crippen molar-refractivity contribution in [1.82, 2.24) is 15.2 Å². The summed E-state index contributed by atoms with van der Waals surface area (Å²) < 4.78 is 5.32. The van der Waals surface area contributed by atoms with E-state index in [1.54, 1.807) is 11.0 Å². The van der Waals surface area contributed by atoms with Gasteiger partial charge in [0.25, 0.3) is 0 Å². The molecular weight excluding hydrogens is 276 g/mol. The lowest BCUT2D eigenvalue weighted by Crippen LogP contribution is -2.56. The number of piperazine rings is 1. The highest BCUT2D eigenvalue weighted by molar-refractivity contribution is 5.95. The maximum absolute atomic E-state index is 12.3. The van der Waals surface area contributed by atoms with E-state index in [1.807, 2.05) is 5.43 Å². The van der Waals surface area contributed by atoms with Crippen molar-refractivity contribution in [3.05, 3.63) is 23.7 Å². The highest BCUT2D eigenvalue weighted by Gasteiger charge is 2.41. The molecule has 1 aromatic heterocycles. The summed E-state index contributed by atoms with van der Waals surface area (Å²) in [5.41, 5.74) is 1.97. The fraction of sp³-hybridized carbons (Fsp3) is 0.462. The van der Waals surface area contributed by atoms with E-state index in [4.69, 9.17) is 10.3 Å². The van der Waals surface area contributed by atoms with Crippen LogP contribution in [0, 0.1) is 0 Å². The standard InChI is InChI=1S/C13H16N4O4/c14-15-12(19)10-4-3-8(21-10)6-16-7-11(18)17-5-1-2-9(17)13(16)20/h3-4,9H,1-2,5-7,14H2,(H,15,19). The minimum absolute atomic E-state index is 0.0384. The lowest BCUT2D eigenvalue weighted by atomic mass is 10.1. The zero-order valence-corrected chi connectivity index (χ0v) is 11.4. The molecule has 0 aromatic carbocycles. The maximum atomic E-state index is 12.3. The van der Waals surface area contributed by atoms with Crippen LogP contribution in [0.4, 0.5) is 0 Å². The van der Waals surface area contributed by atoms with E-state index >= 15 is 0 Å². The largest absolute Gasteiger partial charge is 0.454 e. The summed E-state index contributed by atoms with van der Waals surface area (Å²) in [6.07, 6.45) is 1.57. The van der Waals surface area contributed by atoms with Gasteiger partial charge in [0.1, 0.15) is 18.3 Å². The van der Waals surface area contributed by atoms with Gasteiger partial charge in [0.15, 0.2) is 5.76 Å². The van der Waals surface area contributed by atoms with Crippen molar-refractivity contribution in [2.24, 2.45) is 5.84 Å². The first kappa shape index (κ1) is 13.6. The molecule has 2 aliphatic heterocycles. The number of carbonyl (C=O) groups excluding carboxylic acids is 3. The number of amides is 3.